The molecule has 2 amide bonds. The Kier molecular flexibility index (Phi) is 5.94. The number of nitrogens with zero attached hydrogens (tertiary/aromatic N) is 2. The number of anilines is 1. The summed E-state index contributed by atoms with van der Waals surface area (Å²) in [7, 11) is 0. The van der Waals surface area contributed by atoms with E-state index >= 15 is 0 Å². The van der Waals surface area contributed by atoms with Crippen molar-refractivity contribution in [1.82, 2.24) is 20.7 Å². The Labute approximate surface area is 141 Å². The molecule has 0 aromatic carbocycles. The molecule has 1 unspecified atom stereocenters. The van der Waals surface area contributed by atoms with Crippen LogP contribution in [-0.2, 0) is 9.53 Å². The number of hydrazine groups is 1. The van der Waals surface area contributed by atoms with Gasteiger partial charge in [-0.3, -0.25) is 15.6 Å². The maximum Gasteiger partial charge on any atom is 0.407 e. The molecule has 2 atom stereocenters. The summed E-state index contributed by atoms with van der Waals surface area (Å²) < 4.78 is 5.26. The van der Waals surface area contributed by atoms with Crippen molar-refractivity contribution in [2.24, 2.45) is 5.92 Å². The average molecular weight is 335 g/mol. The highest BCUT2D eigenvalue weighted by atomic mass is 16.6. The van der Waals surface area contributed by atoms with Crippen molar-refractivity contribution < 1.29 is 14.3 Å². The number of alkyl carbamates (subject to hydrolysis) is 1. The molecule has 132 valence electrons. The Balaban J connectivity index is 1.79. The largest absolute Gasteiger partial charge is 0.444 e. The highest BCUT2D eigenvalue weighted by molar-refractivity contribution is 5.79. The van der Waals surface area contributed by atoms with Crippen molar-refractivity contribution in [3.8, 4) is 0 Å². The van der Waals surface area contributed by atoms with E-state index in [1.807, 2.05) is 20.8 Å². The minimum absolute atomic E-state index is 0.0580. The highest BCUT2D eigenvalue weighted by Crippen LogP contribution is 2.24. The number of hydrogen-bond donors (Lipinski definition) is 3. The van der Waals surface area contributed by atoms with E-state index in [-0.39, 0.29) is 17.9 Å². The van der Waals surface area contributed by atoms with Gasteiger partial charge in [-0.25, -0.2) is 14.8 Å². The first-order valence-corrected chi connectivity index (χ1v) is 8.16. The quantitative estimate of drug-likeness (QED) is 0.727. The van der Waals surface area contributed by atoms with Crippen molar-refractivity contribution in [3.05, 3.63) is 18.5 Å². The molecule has 1 saturated carbocycles. The van der Waals surface area contributed by atoms with E-state index in [0.717, 1.165) is 19.3 Å². The van der Waals surface area contributed by atoms with E-state index in [1.165, 1.54) is 0 Å². The zero-order chi connectivity index (χ0) is 17.6. The van der Waals surface area contributed by atoms with Gasteiger partial charge in [0.2, 0.25) is 11.9 Å². The topological polar surface area (TPSA) is 105 Å². The zero-order valence-corrected chi connectivity index (χ0v) is 14.3. The van der Waals surface area contributed by atoms with E-state index < -0.39 is 11.7 Å². The van der Waals surface area contributed by atoms with Crippen LogP contribution in [0.5, 0.6) is 0 Å². The van der Waals surface area contributed by atoms with Crippen LogP contribution in [0.2, 0.25) is 0 Å². The van der Waals surface area contributed by atoms with E-state index in [9.17, 15) is 9.59 Å². The molecule has 1 aliphatic carbocycles. The van der Waals surface area contributed by atoms with E-state index in [0.29, 0.717) is 12.4 Å². The van der Waals surface area contributed by atoms with Gasteiger partial charge in [0.05, 0.1) is 0 Å². The standard InChI is InChI=1S/C16H25N5O3/c1-16(2,3)24-15(23)19-12-7-4-6-11(10-12)13(22)20-21-14-17-8-5-9-18-14/h5,8-9,11-12H,4,6-7,10H2,1-3H3,(H,19,23)(H,20,22)(H,17,18,21)/t11?,12-/m1/s1. The minimum Gasteiger partial charge on any atom is -0.444 e. The van der Waals surface area contributed by atoms with Gasteiger partial charge in [-0.1, -0.05) is 6.42 Å². The van der Waals surface area contributed by atoms with Crippen molar-refractivity contribution in [1.29, 1.82) is 0 Å². The smallest absolute Gasteiger partial charge is 0.407 e. The summed E-state index contributed by atoms with van der Waals surface area (Å²) in [5.41, 5.74) is 4.78. The van der Waals surface area contributed by atoms with Crippen molar-refractivity contribution in [3.63, 3.8) is 0 Å². The summed E-state index contributed by atoms with van der Waals surface area (Å²) in [6.45, 7) is 5.46. The van der Waals surface area contributed by atoms with Gasteiger partial charge in [0.15, 0.2) is 0 Å². The van der Waals surface area contributed by atoms with Gasteiger partial charge in [0.1, 0.15) is 5.60 Å². The lowest BCUT2D eigenvalue weighted by Gasteiger charge is -2.30. The van der Waals surface area contributed by atoms with Crippen LogP contribution in [0.3, 0.4) is 0 Å². The molecule has 0 spiro atoms. The lowest BCUT2D eigenvalue weighted by molar-refractivity contribution is -0.125. The van der Waals surface area contributed by atoms with E-state index in [4.69, 9.17) is 4.74 Å². The fraction of sp³-hybridized carbons (Fsp3) is 0.625. The third-order valence-electron chi connectivity index (χ3n) is 3.63. The normalized spacial score (nSPS) is 20.8. The van der Waals surface area contributed by atoms with Crippen LogP contribution >= 0.6 is 0 Å². The molecule has 1 aliphatic rings. The number of carbonyl (C=O) groups is 2. The van der Waals surface area contributed by atoms with Crippen molar-refractivity contribution in [2.45, 2.75) is 58.1 Å². The number of ether oxygens (including phenoxy) is 1. The van der Waals surface area contributed by atoms with E-state index in [1.54, 1.807) is 18.5 Å². The summed E-state index contributed by atoms with van der Waals surface area (Å²) in [5.74, 6) is 0.0399. The van der Waals surface area contributed by atoms with Crippen LogP contribution in [0.15, 0.2) is 18.5 Å². The predicted molar refractivity (Wildman–Crippen MR) is 88.9 cm³/mol. The number of nitrogens with one attached hydrogen (secondary N) is 3. The Morgan fingerprint density at radius 1 is 1.21 bits per heavy atom. The Hall–Kier alpha value is -2.38. The Bertz CT molecular complexity index is 559. The second-order valence-corrected chi connectivity index (χ2v) is 6.89. The molecule has 1 heterocycles. The molecule has 24 heavy (non-hydrogen) atoms. The van der Waals surface area contributed by atoms with Crippen molar-refractivity contribution in [2.75, 3.05) is 5.43 Å². The van der Waals surface area contributed by atoms with Crippen LogP contribution < -0.4 is 16.2 Å². The predicted octanol–water partition coefficient (Wildman–Crippen LogP) is 2.00. The van der Waals surface area contributed by atoms with Gasteiger partial charge in [0.25, 0.3) is 0 Å². The number of aromatic nitrogens is 2. The number of carbonyl (C=O) groups excluding carboxylic acids is 2. The average Bonchev–Trinajstić information content (AvgIpc) is 2.52. The summed E-state index contributed by atoms with van der Waals surface area (Å²) in [6, 6.07) is 1.64. The number of rotatable bonds is 4. The highest BCUT2D eigenvalue weighted by Gasteiger charge is 2.29. The van der Waals surface area contributed by atoms with Gasteiger partial charge in [0, 0.05) is 24.4 Å². The molecule has 0 bridgehead atoms. The SMILES string of the molecule is CC(C)(C)OC(=O)N[C@@H]1CCCC(C(=O)NNc2ncccn2)C1. The van der Waals surface area contributed by atoms with Gasteiger partial charge < -0.3 is 10.1 Å². The van der Waals surface area contributed by atoms with E-state index in [2.05, 4.69) is 26.1 Å². The van der Waals surface area contributed by atoms with Gasteiger partial charge in [-0.05, 0) is 46.1 Å². The first-order chi connectivity index (χ1) is 11.3. The molecule has 0 radical (unpaired) electrons. The molecule has 0 saturated heterocycles. The Morgan fingerprint density at radius 3 is 2.58 bits per heavy atom. The lowest BCUT2D eigenvalue weighted by atomic mass is 9.85. The fourth-order valence-electron chi connectivity index (χ4n) is 2.62. The molecule has 2 rings (SSSR count). The molecular formula is C16H25N5O3. The summed E-state index contributed by atoms with van der Waals surface area (Å²) in [6.07, 6.45) is 5.83. The summed E-state index contributed by atoms with van der Waals surface area (Å²) in [4.78, 5) is 32.1. The van der Waals surface area contributed by atoms with Gasteiger partial charge >= 0.3 is 6.09 Å². The monoisotopic (exact) mass is 335 g/mol. The van der Waals surface area contributed by atoms with Crippen LogP contribution in [-0.4, -0.2) is 33.6 Å². The maximum atomic E-state index is 12.3. The van der Waals surface area contributed by atoms with Gasteiger partial charge in [-0.15, -0.1) is 0 Å². The van der Waals surface area contributed by atoms with Gasteiger partial charge in [-0.2, -0.15) is 0 Å². The third-order valence-corrected chi connectivity index (χ3v) is 3.63. The second kappa shape index (κ2) is 7.94. The molecular weight excluding hydrogens is 310 g/mol. The van der Waals surface area contributed by atoms with Crippen LogP contribution in [0.25, 0.3) is 0 Å². The molecule has 1 aromatic rings. The molecule has 8 heteroatoms. The number of amides is 2. The third kappa shape index (κ3) is 6.02. The molecule has 1 aromatic heterocycles. The van der Waals surface area contributed by atoms with Crippen LogP contribution in [0, 0.1) is 5.92 Å². The number of hydrogen-bond acceptors (Lipinski definition) is 6. The maximum absolute atomic E-state index is 12.3. The second-order valence-electron chi connectivity index (χ2n) is 6.89. The lowest BCUT2D eigenvalue weighted by Crippen LogP contribution is -2.45. The molecule has 8 nitrogen and oxygen atoms in total. The first-order valence-electron chi connectivity index (χ1n) is 8.16. The fourth-order valence-corrected chi connectivity index (χ4v) is 2.62. The summed E-state index contributed by atoms with van der Waals surface area (Å²) in [5, 5.41) is 2.85. The molecule has 3 N–H and O–H groups in total. The van der Waals surface area contributed by atoms with Crippen LogP contribution in [0.4, 0.5) is 10.7 Å². The summed E-state index contributed by atoms with van der Waals surface area (Å²) >= 11 is 0. The Morgan fingerprint density at radius 2 is 1.92 bits per heavy atom. The minimum atomic E-state index is -0.533. The van der Waals surface area contributed by atoms with Crippen LogP contribution in [0.1, 0.15) is 46.5 Å². The molecule has 0 aliphatic heterocycles. The van der Waals surface area contributed by atoms with Crippen molar-refractivity contribution >= 4 is 17.9 Å². The zero-order valence-electron chi connectivity index (χ0n) is 14.3. The molecule has 1 fully saturated rings. The first kappa shape index (κ1) is 18.0.